The van der Waals surface area contributed by atoms with E-state index in [9.17, 15) is 9.59 Å². The Labute approximate surface area is 76.0 Å². The zero-order valence-corrected chi connectivity index (χ0v) is 7.64. The third-order valence-corrected chi connectivity index (χ3v) is 1.43. The van der Waals surface area contributed by atoms with Gasteiger partial charge in [0.1, 0.15) is 6.04 Å². The van der Waals surface area contributed by atoms with Crippen LogP contribution in [0.4, 0.5) is 0 Å². The van der Waals surface area contributed by atoms with Crippen LogP contribution in [-0.2, 0) is 14.3 Å². The van der Waals surface area contributed by atoms with Gasteiger partial charge in [-0.25, -0.2) is 0 Å². The predicted octanol–water partition coefficient (Wildman–Crippen LogP) is -1.12. The van der Waals surface area contributed by atoms with Crippen LogP contribution in [0.25, 0.3) is 0 Å². The molecule has 0 saturated heterocycles. The monoisotopic (exact) mass is 192 g/mol. The summed E-state index contributed by atoms with van der Waals surface area (Å²) in [5, 5.41) is 2.29. The van der Waals surface area contributed by atoms with Crippen molar-refractivity contribution in [3.05, 3.63) is 0 Å². The Hall–Kier alpha value is -0.750. The zero-order chi connectivity index (χ0) is 9.56. The van der Waals surface area contributed by atoms with E-state index in [1.807, 2.05) is 0 Å². The Morgan fingerprint density at radius 3 is 2.67 bits per heavy atom. The molecule has 0 aliphatic carbocycles. The lowest BCUT2D eigenvalue weighted by atomic mass is 10.4. The second-order valence-electron chi connectivity index (χ2n) is 2.13. The van der Waals surface area contributed by atoms with Gasteiger partial charge in [0.2, 0.25) is 5.91 Å². The normalized spacial score (nSPS) is 11.9. The van der Waals surface area contributed by atoms with Crippen LogP contribution in [0.1, 0.15) is 6.92 Å². The highest BCUT2D eigenvalue weighted by molar-refractivity contribution is 7.80. The van der Waals surface area contributed by atoms with Crippen molar-refractivity contribution in [2.45, 2.75) is 13.0 Å². The topological polar surface area (TPSA) is 81.4 Å². The summed E-state index contributed by atoms with van der Waals surface area (Å²) in [5.74, 6) is -0.611. The molecule has 6 heteroatoms. The summed E-state index contributed by atoms with van der Waals surface area (Å²) in [5.41, 5.74) is 5.27. The molecule has 3 N–H and O–H groups in total. The molecule has 0 aromatic heterocycles. The Balaban J connectivity index is 3.50. The minimum Gasteiger partial charge on any atom is -0.443 e. The van der Waals surface area contributed by atoms with Crippen molar-refractivity contribution >= 4 is 24.5 Å². The van der Waals surface area contributed by atoms with Gasteiger partial charge in [-0.2, -0.15) is 12.6 Å². The van der Waals surface area contributed by atoms with Crippen LogP contribution in [0.3, 0.4) is 0 Å². The number of carbonyl (C=O) groups is 2. The van der Waals surface area contributed by atoms with Gasteiger partial charge in [0, 0.05) is 12.7 Å². The number of hydrogen-bond acceptors (Lipinski definition) is 5. The van der Waals surface area contributed by atoms with Gasteiger partial charge in [0.25, 0.3) is 0 Å². The van der Waals surface area contributed by atoms with Crippen molar-refractivity contribution in [1.82, 2.24) is 5.32 Å². The van der Waals surface area contributed by atoms with Crippen molar-refractivity contribution < 1.29 is 14.3 Å². The second kappa shape index (κ2) is 5.84. The van der Waals surface area contributed by atoms with Gasteiger partial charge in [-0.3, -0.25) is 9.59 Å². The van der Waals surface area contributed by atoms with E-state index in [1.165, 1.54) is 6.92 Å². The average Bonchev–Trinajstić information content (AvgIpc) is 2.02. The molecule has 0 rings (SSSR count). The van der Waals surface area contributed by atoms with Crippen molar-refractivity contribution in [2.24, 2.45) is 5.73 Å². The van der Waals surface area contributed by atoms with Gasteiger partial charge >= 0.3 is 5.97 Å². The van der Waals surface area contributed by atoms with Crippen LogP contribution in [0.5, 0.6) is 0 Å². The second-order valence-corrected chi connectivity index (χ2v) is 2.49. The molecule has 0 aliphatic heterocycles. The molecule has 0 saturated carbocycles. The van der Waals surface area contributed by atoms with E-state index in [-0.39, 0.29) is 18.4 Å². The number of nitrogens with one attached hydrogen (secondary N) is 1. The van der Waals surface area contributed by atoms with Crippen LogP contribution < -0.4 is 11.1 Å². The number of hydrogen-bond donors (Lipinski definition) is 3. The number of nitrogens with two attached hydrogens (primary N) is 1. The van der Waals surface area contributed by atoms with Gasteiger partial charge in [-0.15, -0.1) is 0 Å². The van der Waals surface area contributed by atoms with Gasteiger partial charge < -0.3 is 15.8 Å². The molecule has 0 bridgehead atoms. The number of esters is 1. The van der Waals surface area contributed by atoms with Crippen molar-refractivity contribution in [3.63, 3.8) is 0 Å². The maximum Gasteiger partial charge on any atom is 0.325 e. The number of carbonyl (C=O) groups excluding carboxylic acids is 2. The van der Waals surface area contributed by atoms with Crippen LogP contribution >= 0.6 is 12.6 Å². The van der Waals surface area contributed by atoms with Crippen LogP contribution in [0, 0.1) is 0 Å². The molecular formula is C6H12N2O3S. The first-order valence-electron chi connectivity index (χ1n) is 3.35. The van der Waals surface area contributed by atoms with E-state index < -0.39 is 12.0 Å². The predicted molar refractivity (Wildman–Crippen MR) is 46.6 cm³/mol. The molecule has 0 aromatic rings. The summed E-state index contributed by atoms with van der Waals surface area (Å²) < 4.78 is 4.56. The van der Waals surface area contributed by atoms with Crippen LogP contribution in [-0.4, -0.2) is 30.4 Å². The van der Waals surface area contributed by atoms with Crippen LogP contribution in [0.2, 0.25) is 0 Å². The highest BCUT2D eigenvalue weighted by Gasteiger charge is 2.12. The Kier molecular flexibility index (Phi) is 5.48. The lowest BCUT2D eigenvalue weighted by molar-refractivity contribution is -0.146. The Morgan fingerprint density at radius 1 is 1.67 bits per heavy atom. The summed E-state index contributed by atoms with van der Waals surface area (Å²) in [7, 11) is 0. The lowest BCUT2D eigenvalue weighted by Gasteiger charge is -2.08. The highest BCUT2D eigenvalue weighted by Crippen LogP contribution is 1.87. The fraction of sp³-hybridized carbons (Fsp3) is 0.667. The van der Waals surface area contributed by atoms with Crippen molar-refractivity contribution in [1.29, 1.82) is 0 Å². The minimum atomic E-state index is -0.734. The van der Waals surface area contributed by atoms with E-state index in [2.05, 4.69) is 22.7 Å². The van der Waals surface area contributed by atoms with E-state index >= 15 is 0 Å². The highest BCUT2D eigenvalue weighted by atomic mass is 32.1. The zero-order valence-electron chi connectivity index (χ0n) is 6.74. The molecule has 70 valence electrons. The molecule has 0 fully saturated rings. The molecule has 0 heterocycles. The standard InChI is InChI=1S/C6H12N2O3S/c1-4(9)8-3-11-6(10)5(7)2-12/h5,12H,2-3,7H2,1H3,(H,8,9)/t5-/m0/s1. The van der Waals surface area contributed by atoms with Gasteiger partial charge in [0.05, 0.1) is 0 Å². The number of thiol groups is 1. The maximum atomic E-state index is 10.8. The summed E-state index contributed by atoms with van der Waals surface area (Å²) in [4.78, 5) is 21.1. The molecule has 12 heavy (non-hydrogen) atoms. The molecule has 0 spiro atoms. The minimum absolute atomic E-state index is 0.143. The van der Waals surface area contributed by atoms with Crippen molar-refractivity contribution in [3.8, 4) is 0 Å². The SMILES string of the molecule is CC(=O)NCOC(=O)[C@@H](N)CS. The summed E-state index contributed by atoms with van der Waals surface area (Å²) in [6, 6.07) is -0.734. The summed E-state index contributed by atoms with van der Waals surface area (Å²) >= 11 is 3.80. The largest absolute Gasteiger partial charge is 0.443 e. The third-order valence-electron chi connectivity index (χ3n) is 1.03. The smallest absolute Gasteiger partial charge is 0.325 e. The van der Waals surface area contributed by atoms with Crippen LogP contribution in [0.15, 0.2) is 0 Å². The number of amides is 1. The first-order valence-corrected chi connectivity index (χ1v) is 3.98. The fourth-order valence-electron chi connectivity index (χ4n) is 0.390. The molecule has 0 radical (unpaired) electrons. The third kappa shape index (κ3) is 4.97. The van der Waals surface area contributed by atoms with Crippen molar-refractivity contribution in [2.75, 3.05) is 12.5 Å². The van der Waals surface area contributed by atoms with E-state index in [1.54, 1.807) is 0 Å². The molecule has 0 aromatic carbocycles. The average molecular weight is 192 g/mol. The number of rotatable bonds is 4. The molecule has 1 atom stereocenters. The Morgan fingerprint density at radius 2 is 2.25 bits per heavy atom. The molecule has 0 aliphatic rings. The Bertz CT molecular complexity index is 174. The van der Waals surface area contributed by atoms with E-state index in [0.29, 0.717) is 0 Å². The van der Waals surface area contributed by atoms with Gasteiger partial charge in [0.15, 0.2) is 6.73 Å². The lowest BCUT2D eigenvalue weighted by Crippen LogP contribution is -2.36. The summed E-state index contributed by atoms with van der Waals surface area (Å²) in [6.07, 6.45) is 0. The maximum absolute atomic E-state index is 10.8. The molecule has 1 amide bonds. The van der Waals surface area contributed by atoms with Gasteiger partial charge in [-0.05, 0) is 0 Å². The molecule has 5 nitrogen and oxygen atoms in total. The number of ether oxygens (including phenoxy) is 1. The van der Waals surface area contributed by atoms with E-state index in [0.717, 1.165) is 0 Å². The molecule has 0 unspecified atom stereocenters. The quantitative estimate of drug-likeness (QED) is 0.299. The fourth-order valence-corrected chi connectivity index (χ4v) is 0.539. The first kappa shape index (κ1) is 11.2. The van der Waals surface area contributed by atoms with E-state index in [4.69, 9.17) is 5.73 Å². The first-order chi connectivity index (χ1) is 5.57. The van der Waals surface area contributed by atoms with Gasteiger partial charge in [-0.1, -0.05) is 0 Å². The summed E-state index contributed by atoms with van der Waals surface area (Å²) in [6.45, 7) is 1.18. The molecular weight excluding hydrogens is 180 g/mol.